The lowest BCUT2D eigenvalue weighted by atomic mass is 10.2. The molecule has 0 aromatic heterocycles. The van der Waals surface area contributed by atoms with E-state index in [4.69, 9.17) is 5.11 Å². The van der Waals surface area contributed by atoms with Gasteiger partial charge in [0.15, 0.2) is 11.5 Å². The fourth-order valence-electron chi connectivity index (χ4n) is 0.820. The normalized spacial score (nSPS) is 9.50. The molecule has 0 spiro atoms. The van der Waals surface area contributed by atoms with Gasteiger partial charge >= 0.3 is 0 Å². The molecule has 0 unspecified atom stereocenters. The first-order valence-electron chi connectivity index (χ1n) is 3.20. The maximum absolute atomic E-state index is 12.8. The number of carbonyl (C=O) groups excluding carboxylic acids is 1. The van der Waals surface area contributed by atoms with Gasteiger partial charge in [-0.1, -0.05) is 0 Å². The molecule has 0 fully saturated rings. The third-order valence-corrected chi connectivity index (χ3v) is 1.40. The van der Waals surface area contributed by atoms with Crippen molar-refractivity contribution >= 4 is 6.29 Å². The summed E-state index contributed by atoms with van der Waals surface area (Å²) in [4.78, 5) is 10.2. The Morgan fingerprint density at radius 3 is 2.75 bits per heavy atom. The molecule has 0 atom stereocenters. The Morgan fingerprint density at radius 2 is 2.25 bits per heavy atom. The highest BCUT2D eigenvalue weighted by molar-refractivity contribution is 5.76. The van der Waals surface area contributed by atoms with Crippen molar-refractivity contribution in [2.45, 2.75) is 0 Å². The van der Waals surface area contributed by atoms with Gasteiger partial charge in [-0.25, -0.2) is 0 Å². The Hall–Kier alpha value is -1.58. The lowest BCUT2D eigenvalue weighted by Gasteiger charge is -2.03. The molecule has 0 saturated heterocycles. The third kappa shape index (κ3) is 1.37. The van der Waals surface area contributed by atoms with E-state index < -0.39 is 11.6 Å². The number of hydrogen-bond donors (Lipinski definition) is 1. The van der Waals surface area contributed by atoms with Gasteiger partial charge in [0, 0.05) is 5.56 Å². The van der Waals surface area contributed by atoms with Crippen LogP contribution in [0.1, 0.15) is 10.4 Å². The van der Waals surface area contributed by atoms with E-state index in [1.165, 1.54) is 13.2 Å². The smallest absolute Gasteiger partial charge is 0.206 e. The minimum absolute atomic E-state index is 0.142. The van der Waals surface area contributed by atoms with Gasteiger partial charge in [0.2, 0.25) is 5.82 Å². The quantitative estimate of drug-likeness (QED) is 0.681. The molecule has 1 aromatic rings. The van der Waals surface area contributed by atoms with Gasteiger partial charge in [0.1, 0.15) is 6.29 Å². The van der Waals surface area contributed by atoms with Crippen LogP contribution in [0.15, 0.2) is 12.1 Å². The summed E-state index contributed by atoms with van der Waals surface area (Å²) in [6.45, 7) is 0. The molecule has 1 rings (SSSR count). The second-order valence-electron chi connectivity index (χ2n) is 2.17. The summed E-state index contributed by atoms with van der Waals surface area (Å²) < 4.78 is 17.4. The molecule has 0 heterocycles. The number of aldehydes is 1. The van der Waals surface area contributed by atoms with E-state index in [-0.39, 0.29) is 11.3 Å². The average molecular weight is 170 g/mol. The highest BCUT2D eigenvalue weighted by Gasteiger charge is 2.09. The van der Waals surface area contributed by atoms with Gasteiger partial charge in [0.25, 0.3) is 0 Å². The van der Waals surface area contributed by atoms with Crippen LogP contribution in [-0.4, -0.2) is 18.5 Å². The van der Waals surface area contributed by atoms with Crippen LogP contribution in [-0.2, 0) is 0 Å². The number of carbonyl (C=O) groups is 1. The molecule has 1 aromatic carbocycles. The number of aromatic hydroxyl groups is 1. The monoisotopic (exact) mass is 170 g/mol. The maximum atomic E-state index is 12.8. The number of phenolic OH excluding ortho intramolecular Hbond substituents is 1. The van der Waals surface area contributed by atoms with E-state index in [0.717, 1.165) is 6.07 Å². The summed E-state index contributed by atoms with van der Waals surface area (Å²) in [6.07, 6.45) is 0.502. The number of phenols is 1. The Kier molecular flexibility index (Phi) is 2.28. The van der Waals surface area contributed by atoms with Crippen molar-refractivity contribution in [2.75, 3.05) is 7.11 Å². The second kappa shape index (κ2) is 3.21. The molecule has 1 N–H and O–H groups in total. The minimum Gasteiger partial charge on any atom is -0.505 e. The highest BCUT2D eigenvalue weighted by Crippen LogP contribution is 2.26. The van der Waals surface area contributed by atoms with Gasteiger partial charge in [0.05, 0.1) is 7.11 Å². The van der Waals surface area contributed by atoms with Crippen LogP contribution in [0, 0.1) is 5.82 Å². The maximum Gasteiger partial charge on any atom is 0.206 e. The molecular weight excluding hydrogens is 163 g/mol. The van der Waals surface area contributed by atoms with E-state index in [2.05, 4.69) is 4.74 Å². The standard InChI is InChI=1S/C8H7FO3/c1-12-7-3-5(4-10)2-6(11)8(7)9/h2-4,11H,1H3. The summed E-state index contributed by atoms with van der Waals surface area (Å²) in [7, 11) is 1.26. The molecule has 3 nitrogen and oxygen atoms in total. The fourth-order valence-corrected chi connectivity index (χ4v) is 0.820. The lowest BCUT2D eigenvalue weighted by Crippen LogP contribution is -1.90. The van der Waals surface area contributed by atoms with Gasteiger partial charge in [-0.15, -0.1) is 0 Å². The average Bonchev–Trinajstić information content (AvgIpc) is 2.09. The van der Waals surface area contributed by atoms with Crippen molar-refractivity contribution in [3.05, 3.63) is 23.5 Å². The fraction of sp³-hybridized carbons (Fsp3) is 0.125. The summed E-state index contributed by atoms with van der Waals surface area (Å²) in [5.41, 5.74) is 0.172. The van der Waals surface area contributed by atoms with Crippen LogP contribution >= 0.6 is 0 Å². The van der Waals surface area contributed by atoms with E-state index >= 15 is 0 Å². The zero-order valence-electron chi connectivity index (χ0n) is 6.37. The predicted molar refractivity (Wildman–Crippen MR) is 40.0 cm³/mol. The summed E-state index contributed by atoms with van der Waals surface area (Å²) in [5, 5.41) is 8.93. The van der Waals surface area contributed by atoms with Gasteiger partial charge in [-0.05, 0) is 12.1 Å². The van der Waals surface area contributed by atoms with Gasteiger partial charge < -0.3 is 9.84 Å². The molecule has 0 aliphatic rings. The Bertz CT molecular complexity index is 309. The minimum atomic E-state index is -0.858. The van der Waals surface area contributed by atoms with Crippen LogP contribution in [0.3, 0.4) is 0 Å². The second-order valence-corrected chi connectivity index (χ2v) is 2.17. The van der Waals surface area contributed by atoms with Crippen molar-refractivity contribution in [2.24, 2.45) is 0 Å². The van der Waals surface area contributed by atoms with E-state index in [9.17, 15) is 9.18 Å². The molecule has 0 saturated carbocycles. The Morgan fingerprint density at radius 1 is 1.58 bits per heavy atom. The summed E-state index contributed by atoms with van der Waals surface area (Å²) in [5.74, 6) is -1.59. The molecule has 0 aliphatic carbocycles. The third-order valence-electron chi connectivity index (χ3n) is 1.40. The van der Waals surface area contributed by atoms with Crippen LogP contribution in [0.5, 0.6) is 11.5 Å². The predicted octanol–water partition coefficient (Wildman–Crippen LogP) is 1.35. The molecule has 4 heteroatoms. The molecular formula is C8H7FO3. The summed E-state index contributed by atoms with van der Waals surface area (Å²) in [6, 6.07) is 2.24. The van der Waals surface area contributed by atoms with E-state index in [1.54, 1.807) is 0 Å². The zero-order chi connectivity index (χ0) is 9.14. The summed E-state index contributed by atoms with van der Waals surface area (Å²) >= 11 is 0. The number of hydrogen-bond acceptors (Lipinski definition) is 3. The number of benzene rings is 1. The highest BCUT2D eigenvalue weighted by atomic mass is 19.1. The van der Waals surface area contributed by atoms with Crippen LogP contribution in [0.2, 0.25) is 0 Å². The first-order valence-corrected chi connectivity index (χ1v) is 3.20. The topological polar surface area (TPSA) is 46.5 Å². The Labute approximate surface area is 68.4 Å². The largest absolute Gasteiger partial charge is 0.505 e. The van der Waals surface area contributed by atoms with E-state index in [0.29, 0.717) is 6.29 Å². The lowest BCUT2D eigenvalue weighted by molar-refractivity contribution is 0.112. The Balaban J connectivity index is 3.28. The van der Waals surface area contributed by atoms with Crippen LogP contribution < -0.4 is 4.74 Å². The first kappa shape index (κ1) is 8.52. The number of halogens is 1. The molecule has 0 amide bonds. The molecule has 64 valence electrons. The molecule has 0 bridgehead atoms. The van der Waals surface area contributed by atoms with Crippen molar-refractivity contribution < 1.29 is 19.0 Å². The molecule has 0 radical (unpaired) electrons. The number of ether oxygens (including phenoxy) is 1. The number of methoxy groups -OCH3 is 1. The molecule has 12 heavy (non-hydrogen) atoms. The SMILES string of the molecule is COc1cc(C=O)cc(O)c1F. The molecule has 0 aliphatic heterocycles. The van der Waals surface area contributed by atoms with Crippen molar-refractivity contribution in [1.29, 1.82) is 0 Å². The van der Waals surface area contributed by atoms with Crippen molar-refractivity contribution in [3.8, 4) is 11.5 Å². The van der Waals surface area contributed by atoms with Gasteiger partial charge in [-0.3, -0.25) is 4.79 Å². The zero-order valence-corrected chi connectivity index (χ0v) is 6.37. The van der Waals surface area contributed by atoms with Crippen molar-refractivity contribution in [1.82, 2.24) is 0 Å². The van der Waals surface area contributed by atoms with E-state index in [1.807, 2.05) is 0 Å². The first-order chi connectivity index (χ1) is 5.69. The van der Waals surface area contributed by atoms with Crippen LogP contribution in [0.4, 0.5) is 4.39 Å². The van der Waals surface area contributed by atoms with Crippen LogP contribution in [0.25, 0.3) is 0 Å². The van der Waals surface area contributed by atoms with Crippen molar-refractivity contribution in [3.63, 3.8) is 0 Å². The van der Waals surface area contributed by atoms with Gasteiger partial charge in [-0.2, -0.15) is 4.39 Å². The number of rotatable bonds is 2.